The van der Waals surface area contributed by atoms with Crippen molar-refractivity contribution in [2.24, 2.45) is 0 Å². The van der Waals surface area contributed by atoms with Gasteiger partial charge >= 0.3 is 0 Å². The van der Waals surface area contributed by atoms with Gasteiger partial charge in [-0.3, -0.25) is 4.79 Å². The van der Waals surface area contributed by atoms with E-state index < -0.39 is 0 Å². The lowest BCUT2D eigenvalue weighted by molar-refractivity contribution is 0.0973. The van der Waals surface area contributed by atoms with Gasteiger partial charge in [-0.1, -0.05) is 6.07 Å². The van der Waals surface area contributed by atoms with Crippen LogP contribution < -0.4 is 9.47 Å². The lowest BCUT2D eigenvalue weighted by Gasteiger charge is -2.18. The normalized spacial score (nSPS) is 14.3. The molecule has 0 atom stereocenters. The summed E-state index contributed by atoms with van der Waals surface area (Å²) in [6.07, 6.45) is 2.51. The number of ether oxygens (including phenoxy) is 2. The van der Waals surface area contributed by atoms with Gasteiger partial charge in [-0.15, -0.1) is 0 Å². The zero-order valence-corrected chi connectivity index (χ0v) is 11.2. The Morgan fingerprint density at radius 3 is 2.58 bits per heavy atom. The summed E-state index contributed by atoms with van der Waals surface area (Å²) in [6.45, 7) is 0. The van der Waals surface area contributed by atoms with E-state index in [9.17, 15) is 4.79 Å². The monoisotopic (exact) mass is 256 g/mol. The topological polar surface area (TPSA) is 35.5 Å². The van der Waals surface area contributed by atoms with Crippen molar-refractivity contribution < 1.29 is 14.3 Å². The first-order chi connectivity index (χ1) is 9.24. The number of carbonyl (C=O) groups is 1. The lowest BCUT2D eigenvalue weighted by Crippen LogP contribution is -2.11. The number of ketones is 1. The van der Waals surface area contributed by atoms with Crippen LogP contribution in [0.15, 0.2) is 24.3 Å². The molecular weight excluding hydrogens is 240 g/mol. The van der Waals surface area contributed by atoms with Crippen LogP contribution in [0.3, 0.4) is 0 Å². The molecule has 3 rings (SSSR count). The Hall–Kier alpha value is -2.03. The number of hydrogen-bond acceptors (Lipinski definition) is 3. The Kier molecular flexibility index (Phi) is 2.90. The molecule has 0 bridgehead atoms. The van der Waals surface area contributed by atoms with E-state index in [4.69, 9.17) is 9.47 Å². The zero-order valence-electron chi connectivity index (χ0n) is 11.2. The van der Waals surface area contributed by atoms with Gasteiger partial charge in [0.05, 0.1) is 14.2 Å². The number of benzene rings is 2. The first-order valence-corrected chi connectivity index (χ1v) is 6.45. The minimum atomic E-state index is 0.241. The molecule has 0 heterocycles. The molecule has 2 aromatic rings. The molecule has 0 spiro atoms. The number of methoxy groups -OCH3 is 2. The quantitative estimate of drug-likeness (QED) is 0.826. The van der Waals surface area contributed by atoms with Gasteiger partial charge in [0, 0.05) is 23.4 Å². The molecule has 1 aliphatic rings. The zero-order chi connectivity index (χ0) is 13.4. The minimum Gasteiger partial charge on any atom is -0.497 e. The van der Waals surface area contributed by atoms with Crippen LogP contribution >= 0.6 is 0 Å². The van der Waals surface area contributed by atoms with E-state index in [-0.39, 0.29) is 5.78 Å². The highest BCUT2D eigenvalue weighted by Gasteiger charge is 2.20. The van der Waals surface area contributed by atoms with Crippen molar-refractivity contribution in [3.8, 4) is 11.5 Å². The summed E-state index contributed by atoms with van der Waals surface area (Å²) in [7, 11) is 3.29. The van der Waals surface area contributed by atoms with Crippen LogP contribution in [-0.2, 0) is 6.42 Å². The van der Waals surface area contributed by atoms with E-state index in [1.54, 1.807) is 14.2 Å². The fraction of sp³-hybridized carbons (Fsp3) is 0.312. The Labute approximate surface area is 112 Å². The molecule has 0 aromatic heterocycles. The fourth-order valence-corrected chi connectivity index (χ4v) is 2.81. The van der Waals surface area contributed by atoms with Gasteiger partial charge in [0.25, 0.3) is 0 Å². The highest BCUT2D eigenvalue weighted by atomic mass is 16.5. The van der Waals surface area contributed by atoms with Crippen LogP contribution in [0.25, 0.3) is 10.8 Å². The molecule has 0 unspecified atom stereocenters. The molecular formula is C16H16O3. The highest BCUT2D eigenvalue weighted by Crippen LogP contribution is 2.36. The smallest absolute Gasteiger partial charge is 0.163 e. The number of hydrogen-bond donors (Lipinski definition) is 0. The standard InChI is InChI=1S/C16H16O3/c1-18-10-8-14-11-4-3-5-15(17)12(11)6-7-13(14)16(9-10)19-2/h6-9H,3-5H2,1-2H3. The van der Waals surface area contributed by atoms with Crippen molar-refractivity contribution >= 4 is 16.6 Å². The molecule has 0 saturated carbocycles. The van der Waals surface area contributed by atoms with E-state index in [2.05, 4.69) is 0 Å². The molecule has 2 aromatic carbocycles. The maximum absolute atomic E-state index is 12.0. The second kappa shape index (κ2) is 4.57. The Morgan fingerprint density at radius 2 is 1.84 bits per heavy atom. The van der Waals surface area contributed by atoms with Crippen LogP contribution in [0, 0.1) is 0 Å². The first kappa shape index (κ1) is 12.0. The predicted molar refractivity (Wildman–Crippen MR) is 74.3 cm³/mol. The first-order valence-electron chi connectivity index (χ1n) is 6.45. The van der Waals surface area contributed by atoms with Crippen LogP contribution in [-0.4, -0.2) is 20.0 Å². The third-order valence-corrected chi connectivity index (χ3v) is 3.77. The third kappa shape index (κ3) is 1.86. The van der Waals surface area contributed by atoms with E-state index >= 15 is 0 Å². The fourth-order valence-electron chi connectivity index (χ4n) is 2.81. The van der Waals surface area contributed by atoms with Gasteiger partial charge in [-0.05, 0) is 35.9 Å². The molecule has 0 N–H and O–H groups in total. The van der Waals surface area contributed by atoms with Crippen LogP contribution in [0.4, 0.5) is 0 Å². The van der Waals surface area contributed by atoms with Gasteiger partial charge in [0.1, 0.15) is 11.5 Å². The summed E-state index contributed by atoms with van der Waals surface area (Å²) >= 11 is 0. The molecule has 3 heteroatoms. The second-order valence-electron chi connectivity index (χ2n) is 4.79. The van der Waals surface area contributed by atoms with Crippen LogP contribution in [0.2, 0.25) is 0 Å². The van der Waals surface area contributed by atoms with Crippen molar-refractivity contribution in [2.75, 3.05) is 14.2 Å². The number of rotatable bonds is 2. The van der Waals surface area contributed by atoms with Crippen molar-refractivity contribution in [3.05, 3.63) is 35.4 Å². The molecule has 0 radical (unpaired) electrons. The summed E-state index contributed by atoms with van der Waals surface area (Å²) in [5.74, 6) is 1.79. The molecule has 0 saturated heterocycles. The van der Waals surface area contributed by atoms with Crippen molar-refractivity contribution in [1.82, 2.24) is 0 Å². The summed E-state index contributed by atoms with van der Waals surface area (Å²) in [5.41, 5.74) is 1.99. The maximum atomic E-state index is 12.0. The molecule has 19 heavy (non-hydrogen) atoms. The van der Waals surface area contributed by atoms with Gasteiger partial charge < -0.3 is 9.47 Å². The number of Topliss-reactive ketones (excluding diaryl/α,β-unsaturated/α-hetero) is 1. The summed E-state index contributed by atoms with van der Waals surface area (Å²) < 4.78 is 10.7. The van der Waals surface area contributed by atoms with Crippen LogP contribution in [0.5, 0.6) is 11.5 Å². The summed E-state index contributed by atoms with van der Waals surface area (Å²) in [4.78, 5) is 12.0. The number of carbonyl (C=O) groups excluding carboxylic acids is 1. The van der Waals surface area contributed by atoms with Crippen molar-refractivity contribution in [3.63, 3.8) is 0 Å². The number of aryl methyl sites for hydroxylation is 1. The molecule has 98 valence electrons. The van der Waals surface area contributed by atoms with Crippen molar-refractivity contribution in [2.45, 2.75) is 19.3 Å². The van der Waals surface area contributed by atoms with Gasteiger partial charge in [-0.25, -0.2) is 0 Å². The number of fused-ring (bicyclic) bond motifs is 3. The predicted octanol–water partition coefficient (Wildman–Crippen LogP) is 3.38. The molecule has 0 aliphatic heterocycles. The highest BCUT2D eigenvalue weighted by molar-refractivity contribution is 6.05. The summed E-state index contributed by atoms with van der Waals surface area (Å²) in [5, 5.41) is 2.11. The largest absolute Gasteiger partial charge is 0.497 e. The van der Waals surface area contributed by atoms with E-state index in [0.717, 1.165) is 46.2 Å². The second-order valence-corrected chi connectivity index (χ2v) is 4.79. The van der Waals surface area contributed by atoms with E-state index in [1.165, 1.54) is 0 Å². The van der Waals surface area contributed by atoms with Gasteiger partial charge in [0.2, 0.25) is 0 Å². The molecule has 3 nitrogen and oxygen atoms in total. The Bertz CT molecular complexity index is 659. The maximum Gasteiger partial charge on any atom is 0.163 e. The van der Waals surface area contributed by atoms with Crippen molar-refractivity contribution in [1.29, 1.82) is 0 Å². The van der Waals surface area contributed by atoms with Gasteiger partial charge in [0.15, 0.2) is 5.78 Å². The molecule has 0 fully saturated rings. The average Bonchev–Trinajstić information content (AvgIpc) is 2.46. The van der Waals surface area contributed by atoms with E-state index in [1.807, 2.05) is 24.3 Å². The van der Waals surface area contributed by atoms with E-state index in [0.29, 0.717) is 6.42 Å². The minimum absolute atomic E-state index is 0.241. The summed E-state index contributed by atoms with van der Waals surface area (Å²) in [6, 6.07) is 7.76. The average molecular weight is 256 g/mol. The Morgan fingerprint density at radius 1 is 1.00 bits per heavy atom. The lowest BCUT2D eigenvalue weighted by atomic mass is 9.86. The third-order valence-electron chi connectivity index (χ3n) is 3.77. The SMILES string of the molecule is COc1cc(OC)c2ccc3c(c2c1)CCCC3=O. The molecule has 0 amide bonds. The molecule has 1 aliphatic carbocycles. The Balaban J connectivity index is 2.35. The van der Waals surface area contributed by atoms with Gasteiger partial charge in [-0.2, -0.15) is 0 Å². The van der Waals surface area contributed by atoms with Crippen LogP contribution in [0.1, 0.15) is 28.8 Å².